The lowest BCUT2D eigenvalue weighted by atomic mass is 10.2. The van der Waals surface area contributed by atoms with Crippen LogP contribution in [0, 0.1) is 0 Å². The number of hydrogen-bond acceptors (Lipinski definition) is 2. The predicted molar refractivity (Wildman–Crippen MR) is 82.5 cm³/mol. The average Bonchev–Trinajstić information content (AvgIpc) is 2.52. The van der Waals surface area contributed by atoms with E-state index < -0.39 is 0 Å². The molecule has 3 aromatic rings. The molecular formula is C16H12BrN2O2+. The van der Waals surface area contributed by atoms with E-state index in [9.17, 15) is 9.59 Å². The van der Waals surface area contributed by atoms with Crippen LogP contribution in [0.15, 0.2) is 64.1 Å². The molecular weight excluding hydrogens is 332 g/mol. The van der Waals surface area contributed by atoms with Crippen LogP contribution in [0.25, 0.3) is 5.65 Å². The molecule has 0 radical (unpaired) electrons. The summed E-state index contributed by atoms with van der Waals surface area (Å²) >= 11 is 3.40. The number of carbonyl (C=O) groups excluding carboxylic acids is 1. The van der Waals surface area contributed by atoms with Gasteiger partial charge in [0.25, 0.3) is 5.65 Å². The summed E-state index contributed by atoms with van der Waals surface area (Å²) in [5.74, 6) is 0. The van der Waals surface area contributed by atoms with Crippen LogP contribution in [-0.4, -0.2) is 10.7 Å². The fraction of sp³-hybridized carbons (Fsp3) is 0.0625. The minimum Gasteiger partial charge on any atom is -0.297 e. The highest BCUT2D eigenvalue weighted by Gasteiger charge is 2.15. The van der Waals surface area contributed by atoms with Gasteiger partial charge in [0, 0.05) is 10.5 Å². The number of aromatic nitrogens is 2. The second kappa shape index (κ2) is 5.61. The molecule has 0 aliphatic carbocycles. The number of aldehydes is 1. The standard InChI is InChI=1S/C16H12BrN2O2/c17-14-6-4-12(5-7-14)9-18-10-13(11-20)16(21)19-8-2-1-3-15(18)19/h1-8,10-11H,9H2/q+1. The Kier molecular flexibility index (Phi) is 3.66. The van der Waals surface area contributed by atoms with Crippen LogP contribution >= 0.6 is 15.9 Å². The van der Waals surface area contributed by atoms with E-state index in [4.69, 9.17) is 0 Å². The molecule has 0 fully saturated rings. The normalized spacial score (nSPS) is 10.7. The molecule has 0 amide bonds. The van der Waals surface area contributed by atoms with E-state index >= 15 is 0 Å². The Balaban J connectivity index is 2.17. The van der Waals surface area contributed by atoms with Gasteiger partial charge in [-0.05, 0) is 23.8 Å². The summed E-state index contributed by atoms with van der Waals surface area (Å²) in [4.78, 5) is 23.2. The predicted octanol–water partition coefficient (Wildman–Crippen LogP) is 2.21. The highest BCUT2D eigenvalue weighted by Crippen LogP contribution is 2.10. The highest BCUT2D eigenvalue weighted by atomic mass is 79.9. The molecule has 2 aromatic heterocycles. The monoisotopic (exact) mass is 343 g/mol. The van der Waals surface area contributed by atoms with Crippen molar-refractivity contribution in [2.24, 2.45) is 0 Å². The third-order valence-corrected chi connectivity index (χ3v) is 3.82. The molecule has 0 saturated carbocycles. The summed E-state index contributed by atoms with van der Waals surface area (Å²) in [7, 11) is 0. The van der Waals surface area contributed by atoms with Crippen LogP contribution in [0.1, 0.15) is 15.9 Å². The van der Waals surface area contributed by atoms with Gasteiger partial charge in [0.2, 0.25) is 0 Å². The Bertz CT molecular complexity index is 870. The first-order valence-corrected chi connectivity index (χ1v) is 7.22. The van der Waals surface area contributed by atoms with Gasteiger partial charge in [-0.25, -0.2) is 9.36 Å². The van der Waals surface area contributed by atoms with Crippen LogP contribution in [0.4, 0.5) is 0 Å². The van der Waals surface area contributed by atoms with Crippen LogP contribution in [-0.2, 0) is 6.54 Å². The Labute approximate surface area is 129 Å². The lowest BCUT2D eigenvalue weighted by Crippen LogP contribution is -2.41. The Morgan fingerprint density at radius 1 is 1.14 bits per heavy atom. The van der Waals surface area contributed by atoms with Crippen molar-refractivity contribution in [1.82, 2.24) is 4.40 Å². The molecule has 0 atom stereocenters. The molecule has 104 valence electrons. The first-order chi connectivity index (χ1) is 10.2. The van der Waals surface area contributed by atoms with Gasteiger partial charge in [-0.3, -0.25) is 4.79 Å². The van der Waals surface area contributed by atoms with E-state index in [1.54, 1.807) is 18.5 Å². The molecule has 5 heteroatoms. The maximum atomic E-state index is 12.1. The summed E-state index contributed by atoms with van der Waals surface area (Å²) in [5.41, 5.74) is 1.68. The number of benzene rings is 1. The molecule has 3 rings (SSSR count). The number of halogens is 1. The molecule has 4 nitrogen and oxygen atoms in total. The van der Waals surface area contributed by atoms with Crippen LogP contribution < -0.4 is 10.1 Å². The van der Waals surface area contributed by atoms with Gasteiger partial charge in [-0.1, -0.05) is 34.1 Å². The summed E-state index contributed by atoms with van der Waals surface area (Å²) < 4.78 is 4.40. The molecule has 0 aliphatic heterocycles. The number of hydrogen-bond donors (Lipinski definition) is 0. The largest absolute Gasteiger partial charge is 0.352 e. The molecule has 0 saturated heterocycles. The van der Waals surface area contributed by atoms with Crippen LogP contribution in [0.2, 0.25) is 0 Å². The van der Waals surface area contributed by atoms with Gasteiger partial charge < -0.3 is 0 Å². The number of pyridine rings is 1. The van der Waals surface area contributed by atoms with E-state index in [2.05, 4.69) is 15.9 Å². The Morgan fingerprint density at radius 2 is 1.90 bits per heavy atom. The maximum Gasteiger partial charge on any atom is 0.352 e. The number of carbonyl (C=O) groups is 1. The van der Waals surface area contributed by atoms with E-state index in [1.165, 1.54) is 4.40 Å². The maximum absolute atomic E-state index is 12.1. The van der Waals surface area contributed by atoms with Crippen LogP contribution in [0.3, 0.4) is 0 Å². The number of nitrogens with zero attached hydrogens (tertiary/aromatic N) is 2. The number of fused-ring (bicyclic) bond motifs is 1. The molecule has 0 spiro atoms. The van der Waals surface area contributed by atoms with Crippen molar-refractivity contribution < 1.29 is 9.36 Å². The fourth-order valence-electron chi connectivity index (χ4n) is 2.26. The third-order valence-electron chi connectivity index (χ3n) is 3.29. The first kappa shape index (κ1) is 13.7. The zero-order valence-electron chi connectivity index (χ0n) is 11.1. The smallest absolute Gasteiger partial charge is 0.297 e. The second-order valence-corrected chi connectivity index (χ2v) is 5.61. The lowest BCUT2D eigenvalue weighted by Gasteiger charge is -2.05. The van der Waals surface area contributed by atoms with Crippen molar-refractivity contribution in [1.29, 1.82) is 0 Å². The first-order valence-electron chi connectivity index (χ1n) is 6.42. The zero-order valence-corrected chi connectivity index (χ0v) is 12.7. The van der Waals surface area contributed by atoms with E-state index in [0.29, 0.717) is 12.8 Å². The molecule has 2 heterocycles. The van der Waals surface area contributed by atoms with Crippen molar-refractivity contribution in [3.05, 3.63) is 80.8 Å². The number of rotatable bonds is 3. The van der Waals surface area contributed by atoms with Crippen LogP contribution in [0.5, 0.6) is 0 Å². The van der Waals surface area contributed by atoms with Crippen molar-refractivity contribution in [3.8, 4) is 0 Å². The molecule has 0 bridgehead atoms. The summed E-state index contributed by atoms with van der Waals surface area (Å²) in [6, 6.07) is 13.4. The summed E-state index contributed by atoms with van der Waals surface area (Å²) in [6.45, 7) is 0.585. The molecule has 0 unspecified atom stereocenters. The minimum atomic E-state index is -0.298. The van der Waals surface area contributed by atoms with Gasteiger partial charge >= 0.3 is 5.56 Å². The Hall–Kier alpha value is -2.27. The van der Waals surface area contributed by atoms with Crippen molar-refractivity contribution in [3.63, 3.8) is 0 Å². The summed E-state index contributed by atoms with van der Waals surface area (Å²) in [5, 5.41) is 0. The van der Waals surface area contributed by atoms with E-state index in [1.807, 2.05) is 41.0 Å². The zero-order chi connectivity index (χ0) is 14.8. The molecule has 0 N–H and O–H groups in total. The van der Waals surface area contributed by atoms with Gasteiger partial charge in [-0.2, -0.15) is 4.40 Å². The summed E-state index contributed by atoms with van der Waals surface area (Å²) in [6.07, 6.45) is 3.87. The lowest BCUT2D eigenvalue weighted by molar-refractivity contribution is -0.666. The second-order valence-electron chi connectivity index (χ2n) is 4.69. The fourth-order valence-corrected chi connectivity index (χ4v) is 2.53. The van der Waals surface area contributed by atoms with E-state index in [-0.39, 0.29) is 11.1 Å². The van der Waals surface area contributed by atoms with Crippen molar-refractivity contribution >= 4 is 27.9 Å². The Morgan fingerprint density at radius 3 is 2.62 bits per heavy atom. The average molecular weight is 344 g/mol. The third kappa shape index (κ3) is 2.64. The van der Waals surface area contributed by atoms with Crippen molar-refractivity contribution in [2.45, 2.75) is 6.54 Å². The van der Waals surface area contributed by atoms with E-state index in [0.717, 1.165) is 15.7 Å². The SMILES string of the molecule is O=Cc1c[n+](Cc2ccc(Br)cc2)c2ccccn2c1=O. The quantitative estimate of drug-likeness (QED) is 0.540. The highest BCUT2D eigenvalue weighted by molar-refractivity contribution is 9.10. The molecule has 0 aliphatic rings. The molecule has 21 heavy (non-hydrogen) atoms. The molecule has 1 aromatic carbocycles. The van der Waals surface area contributed by atoms with Gasteiger partial charge in [0.05, 0.1) is 6.20 Å². The van der Waals surface area contributed by atoms with Gasteiger partial charge in [0.1, 0.15) is 18.3 Å². The minimum absolute atomic E-state index is 0.149. The van der Waals surface area contributed by atoms with Crippen molar-refractivity contribution in [2.75, 3.05) is 0 Å². The van der Waals surface area contributed by atoms with Gasteiger partial charge in [0.15, 0.2) is 6.29 Å². The topological polar surface area (TPSA) is 42.4 Å². The van der Waals surface area contributed by atoms with Gasteiger partial charge in [-0.15, -0.1) is 0 Å².